The van der Waals surface area contributed by atoms with Gasteiger partial charge in [-0.2, -0.15) is 5.10 Å². The van der Waals surface area contributed by atoms with Crippen LogP contribution in [0.3, 0.4) is 0 Å². The Morgan fingerprint density at radius 3 is 2.59 bits per heavy atom. The van der Waals surface area contributed by atoms with Gasteiger partial charge < -0.3 is 9.88 Å². The average molecular weight is 358 g/mol. The molecule has 2 heterocycles. The highest BCUT2D eigenvalue weighted by Crippen LogP contribution is 2.25. The van der Waals surface area contributed by atoms with Crippen molar-refractivity contribution in [2.24, 2.45) is 7.05 Å². The van der Waals surface area contributed by atoms with Gasteiger partial charge in [-0.3, -0.25) is 4.79 Å². The van der Waals surface area contributed by atoms with Crippen molar-refractivity contribution >= 4 is 22.5 Å². The van der Waals surface area contributed by atoms with Gasteiger partial charge >= 0.3 is 0 Å². The minimum Gasteiger partial charge on any atom is -0.350 e. The van der Waals surface area contributed by atoms with Gasteiger partial charge in [-0.05, 0) is 44.2 Å². The Labute approximate surface area is 158 Å². The molecule has 0 saturated heterocycles. The number of aromatic nitrogens is 3. The fourth-order valence-corrected chi connectivity index (χ4v) is 3.52. The number of hydrogen-bond donors (Lipinski definition) is 1. The first-order valence-corrected chi connectivity index (χ1v) is 8.99. The summed E-state index contributed by atoms with van der Waals surface area (Å²) >= 11 is 0. The second kappa shape index (κ2) is 6.76. The molecule has 0 aliphatic carbocycles. The van der Waals surface area contributed by atoms with E-state index in [9.17, 15) is 4.79 Å². The number of anilines is 1. The van der Waals surface area contributed by atoms with E-state index in [1.807, 2.05) is 90.9 Å². The third-order valence-corrected chi connectivity index (χ3v) is 4.98. The number of hydrogen-bond acceptors (Lipinski definition) is 2. The molecule has 4 rings (SSSR count). The van der Waals surface area contributed by atoms with E-state index in [1.54, 1.807) is 0 Å². The molecule has 1 amide bonds. The molecule has 0 saturated carbocycles. The van der Waals surface area contributed by atoms with Crippen molar-refractivity contribution in [3.05, 3.63) is 77.7 Å². The van der Waals surface area contributed by atoms with Gasteiger partial charge in [0.25, 0.3) is 0 Å². The highest BCUT2D eigenvalue weighted by molar-refractivity contribution is 6.02. The second-order valence-corrected chi connectivity index (χ2v) is 6.79. The number of rotatable bonds is 4. The molecule has 2 aromatic heterocycles. The molecule has 0 bridgehead atoms. The van der Waals surface area contributed by atoms with Crippen LogP contribution in [-0.4, -0.2) is 20.3 Å². The largest absolute Gasteiger partial charge is 0.350 e. The van der Waals surface area contributed by atoms with E-state index in [1.165, 1.54) is 0 Å². The predicted molar refractivity (Wildman–Crippen MR) is 108 cm³/mol. The van der Waals surface area contributed by atoms with Crippen molar-refractivity contribution in [3.8, 4) is 5.69 Å². The van der Waals surface area contributed by atoms with Crippen molar-refractivity contribution in [2.45, 2.75) is 20.3 Å². The first-order valence-electron chi connectivity index (χ1n) is 8.99. The van der Waals surface area contributed by atoms with E-state index in [0.717, 1.165) is 39.2 Å². The average Bonchev–Trinajstić information content (AvgIpc) is 3.18. The molecule has 2 aromatic carbocycles. The van der Waals surface area contributed by atoms with Crippen LogP contribution >= 0.6 is 0 Å². The Bertz CT molecular complexity index is 1120. The smallest absolute Gasteiger partial charge is 0.228 e. The van der Waals surface area contributed by atoms with Gasteiger partial charge in [0.05, 0.1) is 23.5 Å². The van der Waals surface area contributed by atoms with Crippen LogP contribution in [-0.2, 0) is 18.3 Å². The molecule has 4 aromatic rings. The zero-order chi connectivity index (χ0) is 19.0. The summed E-state index contributed by atoms with van der Waals surface area (Å²) < 4.78 is 3.94. The first kappa shape index (κ1) is 17.1. The summed E-state index contributed by atoms with van der Waals surface area (Å²) in [5.41, 5.74) is 5.77. The number of aryl methyl sites for hydroxylation is 2. The first-order chi connectivity index (χ1) is 13.0. The molecule has 136 valence electrons. The van der Waals surface area contributed by atoms with Crippen LogP contribution in [0.2, 0.25) is 0 Å². The summed E-state index contributed by atoms with van der Waals surface area (Å²) in [7, 11) is 2.00. The Morgan fingerprint density at radius 2 is 1.81 bits per heavy atom. The van der Waals surface area contributed by atoms with Crippen LogP contribution in [0.15, 0.2) is 60.8 Å². The lowest BCUT2D eigenvalue weighted by atomic mass is 10.1. The van der Waals surface area contributed by atoms with Crippen molar-refractivity contribution < 1.29 is 4.79 Å². The van der Waals surface area contributed by atoms with Gasteiger partial charge in [-0.25, -0.2) is 4.68 Å². The number of nitrogens with one attached hydrogen (secondary N) is 1. The summed E-state index contributed by atoms with van der Waals surface area (Å²) in [6.45, 7) is 3.96. The van der Waals surface area contributed by atoms with Crippen molar-refractivity contribution in [1.82, 2.24) is 14.3 Å². The van der Waals surface area contributed by atoms with E-state index in [0.29, 0.717) is 6.42 Å². The summed E-state index contributed by atoms with van der Waals surface area (Å²) in [5.74, 6) is -0.0369. The fourth-order valence-electron chi connectivity index (χ4n) is 3.52. The number of carbonyl (C=O) groups excluding carboxylic acids is 1. The Morgan fingerprint density at radius 1 is 1.04 bits per heavy atom. The van der Waals surface area contributed by atoms with Gasteiger partial charge in [-0.15, -0.1) is 0 Å². The lowest BCUT2D eigenvalue weighted by Gasteiger charge is -2.08. The summed E-state index contributed by atoms with van der Waals surface area (Å²) in [6.07, 6.45) is 2.30. The summed E-state index contributed by atoms with van der Waals surface area (Å²) in [6, 6.07) is 17.9. The Balaban J connectivity index is 1.59. The predicted octanol–water partition coefficient (Wildman–Crippen LogP) is 4.16. The monoisotopic (exact) mass is 358 g/mol. The van der Waals surface area contributed by atoms with Crippen molar-refractivity contribution in [2.75, 3.05) is 5.32 Å². The van der Waals surface area contributed by atoms with E-state index in [2.05, 4.69) is 10.4 Å². The number of benzene rings is 2. The van der Waals surface area contributed by atoms with Gasteiger partial charge in [0.1, 0.15) is 0 Å². The number of nitrogens with zero attached hydrogens (tertiary/aromatic N) is 3. The topological polar surface area (TPSA) is 51.9 Å². The quantitative estimate of drug-likeness (QED) is 0.595. The van der Waals surface area contributed by atoms with Crippen LogP contribution in [0.5, 0.6) is 0 Å². The molecular weight excluding hydrogens is 336 g/mol. The molecule has 0 aliphatic rings. The summed E-state index contributed by atoms with van der Waals surface area (Å²) in [5, 5.41) is 8.73. The van der Waals surface area contributed by atoms with E-state index < -0.39 is 0 Å². The van der Waals surface area contributed by atoms with E-state index in [-0.39, 0.29) is 5.91 Å². The van der Waals surface area contributed by atoms with Crippen LogP contribution in [0.25, 0.3) is 16.6 Å². The number of para-hydroxylation sites is 1. The zero-order valence-corrected chi connectivity index (χ0v) is 15.7. The van der Waals surface area contributed by atoms with Crippen LogP contribution < -0.4 is 5.32 Å². The highest BCUT2D eigenvalue weighted by atomic mass is 16.1. The zero-order valence-electron chi connectivity index (χ0n) is 15.7. The lowest BCUT2D eigenvalue weighted by Crippen LogP contribution is -2.15. The number of amides is 1. The molecule has 0 spiro atoms. The molecule has 27 heavy (non-hydrogen) atoms. The SMILES string of the molecule is Cc1nn(-c2ccccc2)c(C)c1CC(=O)Nc1cccc2c1ccn2C. The molecule has 0 atom stereocenters. The second-order valence-electron chi connectivity index (χ2n) is 6.79. The Kier molecular flexibility index (Phi) is 4.28. The van der Waals surface area contributed by atoms with Gasteiger partial charge in [0.15, 0.2) is 0 Å². The summed E-state index contributed by atoms with van der Waals surface area (Å²) in [4.78, 5) is 12.7. The van der Waals surface area contributed by atoms with Gasteiger partial charge in [0, 0.05) is 35.4 Å². The molecule has 5 nitrogen and oxygen atoms in total. The van der Waals surface area contributed by atoms with Crippen molar-refractivity contribution in [1.29, 1.82) is 0 Å². The molecular formula is C22H22N4O. The number of carbonyl (C=O) groups is 1. The lowest BCUT2D eigenvalue weighted by molar-refractivity contribution is -0.115. The van der Waals surface area contributed by atoms with Crippen LogP contribution in [0, 0.1) is 13.8 Å². The highest BCUT2D eigenvalue weighted by Gasteiger charge is 2.16. The standard InChI is InChI=1S/C22H22N4O/c1-15-19(16(2)26(24-15)17-8-5-4-6-9-17)14-22(27)23-20-10-7-11-21-18(20)12-13-25(21)3/h4-13H,14H2,1-3H3,(H,23,27). The molecule has 1 N–H and O–H groups in total. The van der Waals surface area contributed by atoms with Crippen molar-refractivity contribution in [3.63, 3.8) is 0 Å². The maximum Gasteiger partial charge on any atom is 0.228 e. The minimum atomic E-state index is -0.0369. The molecule has 0 radical (unpaired) electrons. The third kappa shape index (κ3) is 3.12. The molecule has 0 aliphatic heterocycles. The van der Waals surface area contributed by atoms with Crippen LogP contribution in [0.1, 0.15) is 17.0 Å². The maximum atomic E-state index is 12.7. The van der Waals surface area contributed by atoms with Gasteiger partial charge in [-0.1, -0.05) is 24.3 Å². The minimum absolute atomic E-state index is 0.0369. The molecule has 0 fully saturated rings. The maximum absolute atomic E-state index is 12.7. The molecule has 0 unspecified atom stereocenters. The number of fused-ring (bicyclic) bond motifs is 1. The van der Waals surface area contributed by atoms with E-state index >= 15 is 0 Å². The van der Waals surface area contributed by atoms with E-state index in [4.69, 9.17) is 0 Å². The Hall–Kier alpha value is -3.34. The fraction of sp³-hybridized carbons (Fsp3) is 0.182. The van der Waals surface area contributed by atoms with Gasteiger partial charge in [0.2, 0.25) is 5.91 Å². The molecule has 5 heteroatoms. The third-order valence-electron chi connectivity index (χ3n) is 4.98. The van der Waals surface area contributed by atoms with Crippen LogP contribution in [0.4, 0.5) is 5.69 Å². The normalized spacial score (nSPS) is 11.1.